The van der Waals surface area contributed by atoms with E-state index in [-0.39, 0.29) is 36.9 Å². The van der Waals surface area contributed by atoms with Crippen LogP contribution in [0.2, 0.25) is 0 Å². The number of ether oxygens (including phenoxy) is 2. The number of ketones is 1. The van der Waals surface area contributed by atoms with Crippen molar-refractivity contribution in [2.75, 3.05) is 26.4 Å². The molecule has 65 heavy (non-hydrogen) atoms. The lowest BCUT2D eigenvalue weighted by Crippen LogP contribution is -2.30. The molecule has 1 saturated carbocycles. The van der Waals surface area contributed by atoms with Gasteiger partial charge in [-0.3, -0.25) is 28.0 Å². The molecule has 0 aromatic rings. The highest BCUT2D eigenvalue weighted by atomic mass is 31.2. The normalized spacial score (nSPS) is 19.2. The van der Waals surface area contributed by atoms with Crippen LogP contribution in [0, 0.1) is 17.8 Å². The lowest BCUT2D eigenvalue weighted by atomic mass is 9.88. The number of esters is 2. The predicted octanol–water partition coefficient (Wildman–Crippen LogP) is 9.74. The average Bonchev–Trinajstić information content (AvgIpc) is 3.51. The summed E-state index contributed by atoms with van der Waals surface area (Å²) in [5.74, 6) is -1.02. The van der Waals surface area contributed by atoms with Gasteiger partial charge >= 0.3 is 27.6 Å². The van der Waals surface area contributed by atoms with Crippen LogP contribution in [-0.4, -0.2) is 98.6 Å². The van der Waals surface area contributed by atoms with E-state index in [0.717, 1.165) is 57.3 Å². The van der Waals surface area contributed by atoms with Crippen molar-refractivity contribution in [3.05, 3.63) is 12.2 Å². The van der Waals surface area contributed by atoms with Gasteiger partial charge in [-0.25, -0.2) is 9.13 Å². The number of unbranched alkanes of at least 4 members (excludes halogenated alkanes) is 19. The van der Waals surface area contributed by atoms with Gasteiger partial charge in [-0.2, -0.15) is 0 Å². The van der Waals surface area contributed by atoms with Crippen LogP contribution in [0.1, 0.15) is 201 Å². The van der Waals surface area contributed by atoms with Crippen molar-refractivity contribution in [2.45, 2.75) is 225 Å². The Morgan fingerprint density at radius 1 is 0.662 bits per heavy atom. The Morgan fingerprint density at radius 2 is 1.15 bits per heavy atom. The molecule has 0 aromatic carbocycles. The van der Waals surface area contributed by atoms with E-state index in [0.29, 0.717) is 38.5 Å². The minimum atomic E-state index is -4.89. The minimum Gasteiger partial charge on any atom is -0.462 e. The monoisotopic (exact) mass is 971 g/mol. The largest absolute Gasteiger partial charge is 0.472 e. The molecule has 0 heterocycles. The number of hydrogen-bond acceptors (Lipinski definition) is 13. The Hall–Kier alpha value is -1.55. The fourth-order valence-corrected chi connectivity index (χ4v) is 9.06. The van der Waals surface area contributed by atoms with E-state index in [1.807, 2.05) is 0 Å². The summed E-state index contributed by atoms with van der Waals surface area (Å²) in [6, 6.07) is 0. The van der Waals surface area contributed by atoms with Gasteiger partial charge in [0.2, 0.25) is 0 Å². The van der Waals surface area contributed by atoms with Gasteiger partial charge in [-0.1, -0.05) is 168 Å². The first-order valence-electron chi connectivity index (χ1n) is 24.8. The zero-order chi connectivity index (χ0) is 48.4. The Bertz CT molecular complexity index is 1370. The van der Waals surface area contributed by atoms with E-state index in [1.54, 1.807) is 12.2 Å². The van der Waals surface area contributed by atoms with Crippen molar-refractivity contribution in [3.8, 4) is 0 Å². The SMILES string of the molecule is CCCCC[C@H](O)/C=C/[C@H]1[C@H](O)CC(=O)[C@@H]1CCCCCCC(=O)OC[C@H](COP(=O)(O)OC[C@@H](O)COP(=O)(O)O)OC(=O)CCCCCCCCCCCCCCCCCC(C)C. The van der Waals surface area contributed by atoms with Crippen LogP contribution in [-0.2, 0) is 46.6 Å². The highest BCUT2D eigenvalue weighted by Gasteiger charge is 2.39. The Balaban J connectivity index is 2.46. The Labute approximate surface area is 390 Å². The van der Waals surface area contributed by atoms with Gasteiger partial charge in [0.25, 0.3) is 0 Å². The summed E-state index contributed by atoms with van der Waals surface area (Å²) in [7, 11) is -9.76. The molecule has 0 aliphatic heterocycles. The van der Waals surface area contributed by atoms with Gasteiger partial charge in [0.1, 0.15) is 18.5 Å². The van der Waals surface area contributed by atoms with Gasteiger partial charge in [-0.05, 0) is 31.6 Å². The molecular formula is C47H88O16P2. The zero-order valence-corrected chi connectivity index (χ0v) is 41.8. The molecule has 16 nitrogen and oxygen atoms in total. The summed E-state index contributed by atoms with van der Waals surface area (Å²) in [4.78, 5) is 65.7. The number of carbonyl (C=O) groups is 3. The van der Waals surface area contributed by atoms with E-state index < -0.39 is 78.4 Å². The summed E-state index contributed by atoms with van der Waals surface area (Å²) in [5.41, 5.74) is 0. The standard InChI is InChI=1S/C47H88O16P2/c1-4-5-21-27-39(48)31-32-43-42(44(50)33-45(43)51)28-23-19-20-24-29-46(52)59-36-41(37-62-65(57,58)61-35-40(49)34-60-64(54,55)56)63-47(53)30-25-18-16-14-12-10-8-6-7-9-11-13-15-17-22-26-38(2)3/h31-32,38-43,45,48-49,51H,4-30,33-37H2,1-3H3,(H,57,58)(H2,54,55,56)/b32-31+/t39-,40-,41+,42+,43+,45+/m0/s1. The fourth-order valence-electron chi connectivity index (χ4n) is 7.90. The van der Waals surface area contributed by atoms with Crippen molar-refractivity contribution >= 4 is 33.4 Å². The predicted molar refractivity (Wildman–Crippen MR) is 249 cm³/mol. The maximum Gasteiger partial charge on any atom is 0.472 e. The number of phosphoric acid groups is 2. The molecular weight excluding hydrogens is 882 g/mol. The first-order valence-corrected chi connectivity index (χ1v) is 27.9. The topological polar surface area (TPSA) is 253 Å². The third-order valence-electron chi connectivity index (χ3n) is 11.7. The molecule has 1 fully saturated rings. The van der Waals surface area contributed by atoms with Crippen LogP contribution in [0.3, 0.4) is 0 Å². The molecule has 0 saturated heterocycles. The lowest BCUT2D eigenvalue weighted by molar-refractivity contribution is -0.161. The van der Waals surface area contributed by atoms with Crippen molar-refractivity contribution < 1.29 is 76.6 Å². The molecule has 1 rings (SSSR count). The number of phosphoric ester groups is 2. The van der Waals surface area contributed by atoms with Crippen LogP contribution in [0.5, 0.6) is 0 Å². The van der Waals surface area contributed by atoms with E-state index in [9.17, 15) is 43.7 Å². The molecule has 382 valence electrons. The zero-order valence-electron chi connectivity index (χ0n) is 40.0. The highest BCUT2D eigenvalue weighted by molar-refractivity contribution is 7.47. The Morgan fingerprint density at radius 3 is 1.71 bits per heavy atom. The van der Waals surface area contributed by atoms with E-state index in [2.05, 4.69) is 25.3 Å². The summed E-state index contributed by atoms with van der Waals surface area (Å²) >= 11 is 0. The van der Waals surface area contributed by atoms with E-state index >= 15 is 0 Å². The van der Waals surface area contributed by atoms with Gasteiger partial charge in [0, 0.05) is 31.1 Å². The molecule has 0 spiro atoms. The second kappa shape index (κ2) is 37.4. The van der Waals surface area contributed by atoms with Gasteiger partial charge in [0.15, 0.2) is 6.10 Å². The molecule has 7 atom stereocenters. The molecule has 0 aromatic heterocycles. The van der Waals surface area contributed by atoms with Crippen LogP contribution < -0.4 is 0 Å². The van der Waals surface area contributed by atoms with Crippen molar-refractivity contribution in [1.82, 2.24) is 0 Å². The summed E-state index contributed by atoms with van der Waals surface area (Å²) < 4.78 is 47.9. The number of carbonyl (C=O) groups excluding carboxylic acids is 3. The maximum atomic E-state index is 12.8. The first-order chi connectivity index (χ1) is 30.9. The third-order valence-corrected chi connectivity index (χ3v) is 13.2. The lowest BCUT2D eigenvalue weighted by Gasteiger charge is -2.20. The molecule has 1 unspecified atom stereocenters. The van der Waals surface area contributed by atoms with Crippen molar-refractivity contribution in [1.29, 1.82) is 0 Å². The second-order valence-corrected chi connectivity index (χ2v) is 21.0. The minimum absolute atomic E-state index is 0.0139. The molecule has 1 aliphatic carbocycles. The van der Waals surface area contributed by atoms with E-state index in [4.69, 9.17) is 28.3 Å². The molecule has 0 bridgehead atoms. The fraction of sp³-hybridized carbons (Fsp3) is 0.894. The number of hydrogen-bond donors (Lipinski definition) is 6. The Kier molecular flexibility index (Phi) is 35.3. The number of aliphatic hydroxyl groups excluding tert-OH is 3. The van der Waals surface area contributed by atoms with Crippen molar-refractivity contribution in [2.24, 2.45) is 17.8 Å². The molecule has 6 N–H and O–H groups in total. The first kappa shape index (κ1) is 61.5. The van der Waals surface area contributed by atoms with Crippen LogP contribution >= 0.6 is 15.6 Å². The number of aliphatic hydroxyl groups is 3. The van der Waals surface area contributed by atoms with Crippen LogP contribution in [0.4, 0.5) is 0 Å². The van der Waals surface area contributed by atoms with Crippen LogP contribution in [0.15, 0.2) is 12.2 Å². The van der Waals surface area contributed by atoms with Crippen LogP contribution in [0.25, 0.3) is 0 Å². The number of Topliss-reactive ketones (excluding diaryl/α,β-unsaturated/α-hetero) is 1. The molecule has 0 radical (unpaired) electrons. The average molecular weight is 971 g/mol. The summed E-state index contributed by atoms with van der Waals surface area (Å²) in [5, 5.41) is 30.5. The molecule has 0 amide bonds. The van der Waals surface area contributed by atoms with Gasteiger partial charge < -0.3 is 39.5 Å². The molecule has 1 aliphatic rings. The third kappa shape index (κ3) is 35.3. The second-order valence-electron chi connectivity index (χ2n) is 18.4. The number of rotatable bonds is 43. The summed E-state index contributed by atoms with van der Waals surface area (Å²) in [6.45, 7) is 3.76. The summed E-state index contributed by atoms with van der Waals surface area (Å²) in [6.07, 6.45) is 25.3. The molecule has 18 heteroatoms. The van der Waals surface area contributed by atoms with Crippen molar-refractivity contribution in [3.63, 3.8) is 0 Å². The van der Waals surface area contributed by atoms with Gasteiger partial charge in [-0.15, -0.1) is 0 Å². The quantitative estimate of drug-likeness (QED) is 0.0144. The van der Waals surface area contributed by atoms with E-state index in [1.165, 1.54) is 70.6 Å². The smallest absolute Gasteiger partial charge is 0.462 e. The van der Waals surface area contributed by atoms with Gasteiger partial charge in [0.05, 0.1) is 32.0 Å². The highest BCUT2D eigenvalue weighted by Crippen LogP contribution is 2.44. The maximum absolute atomic E-state index is 12.8.